The highest BCUT2D eigenvalue weighted by Gasteiger charge is 2.14. The summed E-state index contributed by atoms with van der Waals surface area (Å²) in [6.45, 7) is 2.37. The van der Waals surface area contributed by atoms with E-state index < -0.39 is 6.10 Å². The smallest absolute Gasteiger partial charge is 0.305 e. The van der Waals surface area contributed by atoms with Crippen molar-refractivity contribution < 1.29 is 19.4 Å². The summed E-state index contributed by atoms with van der Waals surface area (Å²) in [4.78, 5) is 11.4. The summed E-state index contributed by atoms with van der Waals surface area (Å²) in [6.07, 6.45) is 0.605. The third-order valence-corrected chi connectivity index (χ3v) is 3.37. The van der Waals surface area contributed by atoms with Crippen molar-refractivity contribution in [2.75, 3.05) is 13.7 Å². The van der Waals surface area contributed by atoms with Crippen LogP contribution in [0.3, 0.4) is 0 Å². The van der Waals surface area contributed by atoms with Crippen molar-refractivity contribution in [3.8, 4) is 5.75 Å². The number of esters is 1. The largest absolute Gasteiger partial charge is 0.497 e. The molecule has 0 aliphatic heterocycles. The number of aliphatic hydroxyl groups excluding tert-OH is 1. The molecule has 1 N–H and O–H groups in total. The summed E-state index contributed by atoms with van der Waals surface area (Å²) in [7, 11) is 1.57. The maximum Gasteiger partial charge on any atom is 0.305 e. The maximum absolute atomic E-state index is 11.4. The lowest BCUT2D eigenvalue weighted by atomic mass is 10.0. The van der Waals surface area contributed by atoms with Gasteiger partial charge in [0.25, 0.3) is 0 Å². The number of hydrogen-bond acceptors (Lipinski definition) is 4. The number of methoxy groups -OCH3 is 1. The Kier molecular flexibility index (Phi) is 6.87. The minimum atomic E-state index is -0.723. The van der Waals surface area contributed by atoms with Gasteiger partial charge in [-0.3, -0.25) is 4.79 Å². The van der Waals surface area contributed by atoms with Crippen LogP contribution in [0.5, 0.6) is 5.75 Å². The van der Waals surface area contributed by atoms with E-state index in [1.807, 2.05) is 13.0 Å². The molecule has 1 aromatic rings. The molecule has 0 saturated carbocycles. The van der Waals surface area contributed by atoms with Crippen LogP contribution in [0.2, 0.25) is 0 Å². The van der Waals surface area contributed by atoms with Gasteiger partial charge < -0.3 is 14.6 Å². The predicted octanol–water partition coefficient (Wildman–Crippen LogP) is 3.22. The van der Waals surface area contributed by atoms with Crippen LogP contribution in [-0.4, -0.2) is 24.8 Å². The van der Waals surface area contributed by atoms with E-state index in [-0.39, 0.29) is 12.4 Å². The third kappa shape index (κ3) is 5.20. The van der Waals surface area contributed by atoms with Gasteiger partial charge in [-0.1, -0.05) is 22.9 Å². The molecule has 0 fully saturated rings. The number of hydrogen-bond donors (Lipinski definition) is 1. The van der Waals surface area contributed by atoms with E-state index in [1.54, 1.807) is 19.2 Å². The number of carbonyl (C=O) groups is 1. The second-order valence-corrected chi connectivity index (χ2v) is 5.02. The number of halogens is 1. The fourth-order valence-corrected chi connectivity index (χ4v) is 2.11. The Morgan fingerprint density at radius 2 is 2.21 bits per heavy atom. The van der Waals surface area contributed by atoms with Crippen molar-refractivity contribution in [2.45, 2.75) is 32.3 Å². The SMILES string of the molecule is CCCOC(=O)CCC(O)c1cc(OC)ccc1Br. The molecule has 0 heterocycles. The molecular formula is C14H19BrO4. The van der Waals surface area contributed by atoms with Gasteiger partial charge in [0.2, 0.25) is 0 Å². The van der Waals surface area contributed by atoms with E-state index in [1.165, 1.54) is 0 Å². The number of ether oxygens (including phenoxy) is 2. The van der Waals surface area contributed by atoms with E-state index in [9.17, 15) is 9.90 Å². The fraction of sp³-hybridized carbons (Fsp3) is 0.500. The van der Waals surface area contributed by atoms with Crippen molar-refractivity contribution in [3.05, 3.63) is 28.2 Å². The van der Waals surface area contributed by atoms with E-state index in [4.69, 9.17) is 9.47 Å². The van der Waals surface area contributed by atoms with Gasteiger partial charge in [0.1, 0.15) is 5.75 Å². The van der Waals surface area contributed by atoms with Crippen molar-refractivity contribution in [2.24, 2.45) is 0 Å². The summed E-state index contributed by atoms with van der Waals surface area (Å²) in [5.74, 6) is 0.394. The van der Waals surface area contributed by atoms with Crippen molar-refractivity contribution in [3.63, 3.8) is 0 Å². The summed E-state index contributed by atoms with van der Waals surface area (Å²) in [5.41, 5.74) is 0.711. The highest BCUT2D eigenvalue weighted by molar-refractivity contribution is 9.10. The van der Waals surface area contributed by atoms with Gasteiger partial charge in [0, 0.05) is 10.9 Å². The first kappa shape index (κ1) is 16.0. The van der Waals surface area contributed by atoms with Gasteiger partial charge in [0.15, 0.2) is 0 Å². The molecule has 0 amide bonds. The van der Waals surface area contributed by atoms with Gasteiger partial charge in [0.05, 0.1) is 19.8 Å². The highest BCUT2D eigenvalue weighted by Crippen LogP contribution is 2.30. The maximum atomic E-state index is 11.4. The Morgan fingerprint density at radius 1 is 1.47 bits per heavy atom. The molecule has 0 aromatic heterocycles. The summed E-state index contributed by atoms with van der Waals surface area (Å²) in [6, 6.07) is 5.37. The lowest BCUT2D eigenvalue weighted by Gasteiger charge is -2.13. The Morgan fingerprint density at radius 3 is 2.84 bits per heavy atom. The number of rotatable bonds is 7. The van der Waals surface area contributed by atoms with Crippen LogP contribution in [-0.2, 0) is 9.53 Å². The van der Waals surface area contributed by atoms with Gasteiger partial charge in [-0.2, -0.15) is 0 Å². The van der Waals surface area contributed by atoms with E-state index >= 15 is 0 Å². The van der Waals surface area contributed by atoms with E-state index in [0.717, 1.165) is 10.9 Å². The number of aliphatic hydroxyl groups is 1. The van der Waals surface area contributed by atoms with Crippen LogP contribution in [0.25, 0.3) is 0 Å². The minimum Gasteiger partial charge on any atom is -0.497 e. The van der Waals surface area contributed by atoms with Crippen molar-refractivity contribution in [1.82, 2.24) is 0 Å². The molecule has 0 bridgehead atoms. The third-order valence-electron chi connectivity index (χ3n) is 2.65. The van der Waals surface area contributed by atoms with Crippen LogP contribution in [0.1, 0.15) is 37.9 Å². The molecule has 106 valence electrons. The van der Waals surface area contributed by atoms with Gasteiger partial charge in [-0.15, -0.1) is 0 Å². The Balaban J connectivity index is 2.57. The highest BCUT2D eigenvalue weighted by atomic mass is 79.9. The summed E-state index contributed by atoms with van der Waals surface area (Å²) < 4.78 is 10.9. The Bertz CT molecular complexity index is 420. The topological polar surface area (TPSA) is 55.8 Å². The molecule has 19 heavy (non-hydrogen) atoms. The lowest BCUT2D eigenvalue weighted by molar-refractivity contribution is -0.144. The standard InChI is InChI=1S/C14H19BrO4/c1-3-8-19-14(17)7-6-13(16)11-9-10(18-2)4-5-12(11)15/h4-5,9,13,16H,3,6-8H2,1-2H3. The van der Waals surface area contributed by atoms with Crippen LogP contribution < -0.4 is 4.74 Å². The van der Waals surface area contributed by atoms with E-state index in [0.29, 0.717) is 24.3 Å². The first-order chi connectivity index (χ1) is 9.08. The molecule has 0 radical (unpaired) electrons. The second-order valence-electron chi connectivity index (χ2n) is 4.16. The number of carbonyl (C=O) groups excluding carboxylic acids is 1. The van der Waals surface area contributed by atoms with Crippen LogP contribution in [0.15, 0.2) is 22.7 Å². The first-order valence-corrected chi connectivity index (χ1v) is 7.05. The predicted molar refractivity (Wildman–Crippen MR) is 76.1 cm³/mol. The molecule has 1 unspecified atom stereocenters. The van der Waals surface area contributed by atoms with Crippen molar-refractivity contribution in [1.29, 1.82) is 0 Å². The average Bonchev–Trinajstić information content (AvgIpc) is 2.43. The zero-order valence-corrected chi connectivity index (χ0v) is 12.8. The molecule has 0 aliphatic rings. The molecule has 1 aromatic carbocycles. The second kappa shape index (κ2) is 8.17. The van der Waals surface area contributed by atoms with Crippen LogP contribution in [0, 0.1) is 0 Å². The lowest BCUT2D eigenvalue weighted by Crippen LogP contribution is -2.08. The summed E-state index contributed by atoms with van der Waals surface area (Å²) >= 11 is 3.38. The first-order valence-electron chi connectivity index (χ1n) is 6.25. The van der Waals surface area contributed by atoms with Gasteiger partial charge in [-0.05, 0) is 36.6 Å². The zero-order chi connectivity index (χ0) is 14.3. The molecule has 5 heteroatoms. The van der Waals surface area contributed by atoms with Crippen LogP contribution >= 0.6 is 15.9 Å². The molecule has 1 rings (SSSR count). The van der Waals surface area contributed by atoms with Gasteiger partial charge >= 0.3 is 5.97 Å². The van der Waals surface area contributed by atoms with Crippen molar-refractivity contribution >= 4 is 21.9 Å². The van der Waals surface area contributed by atoms with Gasteiger partial charge in [-0.25, -0.2) is 0 Å². The molecule has 1 atom stereocenters. The molecule has 0 saturated heterocycles. The Hall–Kier alpha value is -1.07. The van der Waals surface area contributed by atoms with E-state index in [2.05, 4.69) is 15.9 Å². The minimum absolute atomic E-state index is 0.199. The fourth-order valence-electron chi connectivity index (χ4n) is 1.60. The molecule has 0 aliphatic carbocycles. The quantitative estimate of drug-likeness (QED) is 0.780. The molecule has 4 nitrogen and oxygen atoms in total. The summed E-state index contributed by atoms with van der Waals surface area (Å²) in [5, 5.41) is 10.1. The Labute approximate surface area is 121 Å². The molecule has 0 spiro atoms. The average molecular weight is 331 g/mol. The van der Waals surface area contributed by atoms with Crippen LogP contribution in [0.4, 0.5) is 0 Å². The molecular weight excluding hydrogens is 312 g/mol. The zero-order valence-electron chi connectivity index (χ0n) is 11.2. The normalized spacial score (nSPS) is 12.0. The number of benzene rings is 1. The monoisotopic (exact) mass is 330 g/mol.